The lowest BCUT2D eigenvalue weighted by atomic mass is 9.86. The van der Waals surface area contributed by atoms with Crippen LogP contribution in [0.25, 0.3) is 15.9 Å². The van der Waals surface area contributed by atoms with E-state index in [0.29, 0.717) is 10.8 Å². The summed E-state index contributed by atoms with van der Waals surface area (Å²) in [6, 6.07) is 8.42. The van der Waals surface area contributed by atoms with Gasteiger partial charge in [-0.2, -0.15) is 5.10 Å². The van der Waals surface area contributed by atoms with Crippen molar-refractivity contribution in [1.82, 2.24) is 15.1 Å². The maximum atomic E-state index is 13.2. The molecule has 6 heteroatoms. The number of aryl methyl sites for hydroxylation is 1. The number of carbonyl (C=O) groups is 1. The highest BCUT2D eigenvalue weighted by molar-refractivity contribution is 7.20. The topological polar surface area (TPSA) is 46.9 Å². The number of thiophene rings is 1. The Kier molecular flexibility index (Phi) is 4.53. The number of nitrogens with zero attached hydrogens (tertiary/aromatic N) is 2. The summed E-state index contributed by atoms with van der Waals surface area (Å²) in [7, 11) is 0. The standard InChI is InChI=1S/C20H22FN3OS/c1-12-5-3-4-6-17(12)22-19(25)18-11-16-13(2)23-24(20(16)26-18)15-9-7-14(21)8-10-15/h7-12,17H,3-6H2,1-2H3,(H,22,25)/t12-,17+/m1/s1. The Bertz CT molecular complexity index is 944. The number of nitrogens with one attached hydrogen (secondary N) is 1. The van der Waals surface area contributed by atoms with Gasteiger partial charge in [0.15, 0.2) is 0 Å². The number of halogens is 1. The van der Waals surface area contributed by atoms with Crippen molar-refractivity contribution < 1.29 is 9.18 Å². The minimum Gasteiger partial charge on any atom is -0.348 e. The molecule has 1 saturated carbocycles. The Labute approximate surface area is 156 Å². The van der Waals surface area contributed by atoms with E-state index >= 15 is 0 Å². The lowest BCUT2D eigenvalue weighted by molar-refractivity contribution is 0.0914. The predicted octanol–water partition coefficient (Wildman–Crippen LogP) is 4.84. The molecule has 2 atom stereocenters. The molecule has 26 heavy (non-hydrogen) atoms. The Morgan fingerprint density at radius 3 is 2.73 bits per heavy atom. The van der Waals surface area contributed by atoms with E-state index in [-0.39, 0.29) is 17.8 Å². The summed E-state index contributed by atoms with van der Waals surface area (Å²) in [6.45, 7) is 4.14. The number of benzene rings is 1. The molecule has 1 aliphatic carbocycles. The van der Waals surface area contributed by atoms with Gasteiger partial charge in [0.05, 0.1) is 16.3 Å². The summed E-state index contributed by atoms with van der Waals surface area (Å²) < 4.78 is 15.0. The predicted molar refractivity (Wildman–Crippen MR) is 103 cm³/mol. The van der Waals surface area contributed by atoms with Crippen LogP contribution in [0.1, 0.15) is 48.0 Å². The molecule has 1 aliphatic rings. The first-order valence-electron chi connectivity index (χ1n) is 9.09. The molecule has 1 N–H and O–H groups in total. The van der Waals surface area contributed by atoms with Crippen LogP contribution in [-0.4, -0.2) is 21.7 Å². The summed E-state index contributed by atoms with van der Waals surface area (Å²) in [4.78, 5) is 14.4. The Hall–Kier alpha value is -2.21. The summed E-state index contributed by atoms with van der Waals surface area (Å²) in [5, 5.41) is 8.74. The molecule has 4 nitrogen and oxygen atoms in total. The van der Waals surface area contributed by atoms with E-state index in [9.17, 15) is 9.18 Å². The zero-order chi connectivity index (χ0) is 18.3. The first kappa shape index (κ1) is 17.2. The van der Waals surface area contributed by atoms with Gasteiger partial charge in [0.2, 0.25) is 0 Å². The lowest BCUT2D eigenvalue weighted by Crippen LogP contribution is -2.40. The zero-order valence-corrected chi connectivity index (χ0v) is 15.8. The van der Waals surface area contributed by atoms with Crippen LogP contribution in [0.15, 0.2) is 30.3 Å². The molecule has 2 heterocycles. The number of amides is 1. The largest absolute Gasteiger partial charge is 0.348 e. The number of hydrogen-bond acceptors (Lipinski definition) is 3. The fourth-order valence-electron chi connectivity index (χ4n) is 3.69. The fraction of sp³-hybridized carbons (Fsp3) is 0.400. The third-order valence-corrected chi connectivity index (χ3v) is 6.38. The summed E-state index contributed by atoms with van der Waals surface area (Å²) in [6.07, 6.45) is 4.67. The molecule has 1 amide bonds. The van der Waals surface area contributed by atoms with Crippen molar-refractivity contribution in [3.63, 3.8) is 0 Å². The molecular formula is C20H22FN3OS. The van der Waals surface area contributed by atoms with Gasteiger partial charge in [-0.15, -0.1) is 11.3 Å². The van der Waals surface area contributed by atoms with Crippen molar-refractivity contribution in [3.8, 4) is 5.69 Å². The minimum absolute atomic E-state index is 0.00462. The summed E-state index contributed by atoms with van der Waals surface area (Å²) in [5.74, 6) is 0.246. The van der Waals surface area contributed by atoms with Gasteiger partial charge >= 0.3 is 0 Å². The Balaban J connectivity index is 1.64. The Morgan fingerprint density at radius 1 is 1.27 bits per heavy atom. The molecule has 4 rings (SSSR count). The van der Waals surface area contributed by atoms with E-state index in [1.54, 1.807) is 16.8 Å². The van der Waals surface area contributed by atoms with Crippen LogP contribution in [0.4, 0.5) is 4.39 Å². The molecule has 136 valence electrons. The lowest BCUT2D eigenvalue weighted by Gasteiger charge is -2.29. The van der Waals surface area contributed by atoms with Gasteiger partial charge < -0.3 is 5.32 Å². The highest BCUT2D eigenvalue weighted by Gasteiger charge is 2.25. The maximum absolute atomic E-state index is 13.2. The van der Waals surface area contributed by atoms with Crippen LogP contribution in [0.2, 0.25) is 0 Å². The van der Waals surface area contributed by atoms with Crippen LogP contribution in [0.3, 0.4) is 0 Å². The van der Waals surface area contributed by atoms with E-state index in [1.807, 2.05) is 13.0 Å². The van der Waals surface area contributed by atoms with Gasteiger partial charge in [-0.3, -0.25) is 4.79 Å². The van der Waals surface area contributed by atoms with Crippen LogP contribution in [0, 0.1) is 18.7 Å². The zero-order valence-electron chi connectivity index (χ0n) is 15.0. The molecular weight excluding hydrogens is 349 g/mol. The first-order valence-corrected chi connectivity index (χ1v) is 9.90. The molecule has 0 aliphatic heterocycles. The number of carbonyl (C=O) groups excluding carboxylic acids is 1. The van der Waals surface area contributed by atoms with E-state index < -0.39 is 0 Å². The number of aromatic nitrogens is 2. The molecule has 0 unspecified atom stereocenters. The average Bonchev–Trinajstić information content (AvgIpc) is 3.19. The van der Waals surface area contributed by atoms with Crippen LogP contribution < -0.4 is 5.32 Å². The van der Waals surface area contributed by atoms with Gasteiger partial charge in [-0.05, 0) is 56.0 Å². The molecule has 0 radical (unpaired) electrons. The van der Waals surface area contributed by atoms with Crippen molar-refractivity contribution in [2.45, 2.75) is 45.6 Å². The average molecular weight is 371 g/mol. The molecule has 0 spiro atoms. The fourth-order valence-corrected chi connectivity index (χ4v) is 4.77. The van der Waals surface area contributed by atoms with Gasteiger partial charge in [-0.1, -0.05) is 19.8 Å². The SMILES string of the molecule is Cc1nn(-c2ccc(F)cc2)c2sc(C(=O)N[C@H]3CCCC[C@H]3C)cc12. The van der Waals surface area contributed by atoms with Crippen LogP contribution in [-0.2, 0) is 0 Å². The van der Waals surface area contributed by atoms with Crippen molar-refractivity contribution in [1.29, 1.82) is 0 Å². The second-order valence-corrected chi connectivity index (χ2v) is 8.18. The van der Waals surface area contributed by atoms with Crippen molar-refractivity contribution in [3.05, 3.63) is 46.7 Å². The first-order chi connectivity index (χ1) is 12.5. The third kappa shape index (κ3) is 3.14. The summed E-state index contributed by atoms with van der Waals surface area (Å²) in [5.41, 5.74) is 1.66. The van der Waals surface area contributed by atoms with Crippen LogP contribution in [0.5, 0.6) is 0 Å². The van der Waals surface area contributed by atoms with E-state index in [4.69, 9.17) is 0 Å². The van der Waals surface area contributed by atoms with Crippen molar-refractivity contribution in [2.24, 2.45) is 5.92 Å². The highest BCUT2D eigenvalue weighted by atomic mass is 32.1. The van der Waals surface area contributed by atoms with Gasteiger partial charge in [-0.25, -0.2) is 9.07 Å². The van der Waals surface area contributed by atoms with E-state index in [0.717, 1.165) is 28.0 Å². The third-order valence-electron chi connectivity index (χ3n) is 5.27. The molecule has 2 aromatic heterocycles. The van der Waals surface area contributed by atoms with Gasteiger partial charge in [0.25, 0.3) is 5.91 Å². The normalized spacial score (nSPS) is 20.4. The smallest absolute Gasteiger partial charge is 0.261 e. The maximum Gasteiger partial charge on any atom is 0.261 e. The van der Waals surface area contributed by atoms with Crippen LogP contribution >= 0.6 is 11.3 Å². The second-order valence-electron chi connectivity index (χ2n) is 7.14. The molecule has 3 aromatic rings. The second kappa shape index (κ2) is 6.83. The van der Waals surface area contributed by atoms with Crippen molar-refractivity contribution in [2.75, 3.05) is 0 Å². The van der Waals surface area contributed by atoms with Crippen molar-refractivity contribution >= 4 is 27.5 Å². The number of fused-ring (bicyclic) bond motifs is 1. The summed E-state index contributed by atoms with van der Waals surface area (Å²) >= 11 is 1.44. The molecule has 1 fully saturated rings. The number of rotatable bonds is 3. The minimum atomic E-state index is -0.276. The highest BCUT2D eigenvalue weighted by Crippen LogP contribution is 2.31. The van der Waals surface area contributed by atoms with E-state index in [1.165, 1.54) is 42.7 Å². The Morgan fingerprint density at radius 2 is 2.00 bits per heavy atom. The molecule has 1 aromatic carbocycles. The monoisotopic (exact) mass is 371 g/mol. The molecule has 0 saturated heterocycles. The quantitative estimate of drug-likeness (QED) is 0.716. The van der Waals surface area contributed by atoms with Gasteiger partial charge in [0, 0.05) is 11.4 Å². The number of hydrogen-bond donors (Lipinski definition) is 1. The van der Waals surface area contributed by atoms with Gasteiger partial charge in [0.1, 0.15) is 10.6 Å². The molecule has 0 bridgehead atoms. The van der Waals surface area contributed by atoms with E-state index in [2.05, 4.69) is 17.3 Å².